The zero-order valence-electron chi connectivity index (χ0n) is 7.18. The topological polar surface area (TPSA) is 69.6 Å². The fourth-order valence-corrected chi connectivity index (χ4v) is 1.13. The van der Waals surface area contributed by atoms with Crippen molar-refractivity contribution in [3.05, 3.63) is 24.8 Å². The first-order valence-electron chi connectivity index (χ1n) is 3.83. The number of nitrogens with zero attached hydrogens (tertiary/aromatic N) is 4. The predicted octanol–water partition coefficient (Wildman–Crippen LogP) is 0.459. The van der Waals surface area contributed by atoms with Crippen LogP contribution in [0.4, 0.5) is 5.69 Å². The van der Waals surface area contributed by atoms with Crippen molar-refractivity contribution < 1.29 is 0 Å². The molecule has 0 radical (unpaired) electrons. The van der Waals surface area contributed by atoms with E-state index in [2.05, 4.69) is 15.1 Å². The van der Waals surface area contributed by atoms with Crippen LogP contribution in [0.15, 0.2) is 24.8 Å². The Bertz CT molecular complexity index is 406. The van der Waals surface area contributed by atoms with Crippen molar-refractivity contribution >= 4 is 5.69 Å². The number of hydrogen-bond donors (Lipinski definition) is 1. The maximum atomic E-state index is 5.72. The third-order valence-corrected chi connectivity index (χ3v) is 1.66. The molecule has 66 valence electrons. The molecule has 0 saturated heterocycles. The summed E-state index contributed by atoms with van der Waals surface area (Å²) in [5.41, 5.74) is 7.71. The van der Waals surface area contributed by atoms with Gasteiger partial charge in [0.05, 0.1) is 11.9 Å². The van der Waals surface area contributed by atoms with Crippen LogP contribution in [0.5, 0.6) is 0 Å². The van der Waals surface area contributed by atoms with Gasteiger partial charge in [0.1, 0.15) is 11.4 Å². The summed E-state index contributed by atoms with van der Waals surface area (Å²) < 4.78 is 1.65. The molecule has 13 heavy (non-hydrogen) atoms. The van der Waals surface area contributed by atoms with E-state index in [1.54, 1.807) is 29.5 Å². The first-order chi connectivity index (χ1) is 6.27. The van der Waals surface area contributed by atoms with E-state index in [0.29, 0.717) is 17.1 Å². The largest absolute Gasteiger partial charge is 0.396 e. The average molecular weight is 175 g/mol. The number of hydrogen-bond acceptors (Lipinski definition) is 4. The third-order valence-electron chi connectivity index (χ3n) is 1.66. The van der Waals surface area contributed by atoms with Crippen molar-refractivity contribution in [1.82, 2.24) is 19.7 Å². The first kappa shape index (κ1) is 7.72. The lowest BCUT2D eigenvalue weighted by Crippen LogP contribution is -1.91. The van der Waals surface area contributed by atoms with Crippen molar-refractivity contribution in [2.24, 2.45) is 7.05 Å². The zero-order chi connectivity index (χ0) is 9.26. The van der Waals surface area contributed by atoms with Crippen molar-refractivity contribution in [2.75, 3.05) is 5.73 Å². The molecule has 0 amide bonds. The average Bonchev–Trinajstić information content (AvgIpc) is 2.47. The highest BCUT2D eigenvalue weighted by atomic mass is 15.3. The van der Waals surface area contributed by atoms with Gasteiger partial charge in [0.25, 0.3) is 0 Å². The van der Waals surface area contributed by atoms with Crippen LogP contribution in [-0.2, 0) is 7.05 Å². The van der Waals surface area contributed by atoms with E-state index in [1.807, 2.05) is 7.05 Å². The van der Waals surface area contributed by atoms with Gasteiger partial charge in [0.2, 0.25) is 0 Å². The summed E-state index contributed by atoms with van der Waals surface area (Å²) in [6, 6.07) is 0. The number of anilines is 1. The maximum Gasteiger partial charge on any atom is 0.135 e. The fourth-order valence-electron chi connectivity index (χ4n) is 1.13. The highest BCUT2D eigenvalue weighted by molar-refractivity contribution is 5.68. The number of nitrogens with two attached hydrogens (primary N) is 1. The number of nitrogen functional groups attached to an aromatic ring is 1. The highest BCUT2D eigenvalue weighted by Crippen LogP contribution is 2.19. The van der Waals surface area contributed by atoms with Gasteiger partial charge in [0, 0.05) is 25.6 Å². The third kappa shape index (κ3) is 1.35. The lowest BCUT2D eigenvalue weighted by Gasteiger charge is -1.94. The van der Waals surface area contributed by atoms with Crippen molar-refractivity contribution in [3.63, 3.8) is 0 Å². The van der Waals surface area contributed by atoms with Gasteiger partial charge in [0.15, 0.2) is 0 Å². The van der Waals surface area contributed by atoms with E-state index in [-0.39, 0.29) is 0 Å². The van der Waals surface area contributed by atoms with Crippen LogP contribution in [0.1, 0.15) is 0 Å². The summed E-state index contributed by atoms with van der Waals surface area (Å²) >= 11 is 0. The van der Waals surface area contributed by atoms with Gasteiger partial charge in [-0.2, -0.15) is 5.10 Å². The Morgan fingerprint density at radius 1 is 1.38 bits per heavy atom. The van der Waals surface area contributed by atoms with Gasteiger partial charge in [-0.1, -0.05) is 0 Å². The van der Waals surface area contributed by atoms with Crippen LogP contribution in [0.2, 0.25) is 0 Å². The zero-order valence-corrected chi connectivity index (χ0v) is 7.18. The molecule has 2 aromatic rings. The summed E-state index contributed by atoms with van der Waals surface area (Å²) in [6.07, 6.45) is 6.61. The summed E-state index contributed by atoms with van der Waals surface area (Å²) in [7, 11) is 1.82. The van der Waals surface area contributed by atoms with Crippen LogP contribution in [-0.4, -0.2) is 19.7 Å². The number of aromatic nitrogens is 4. The molecule has 2 aromatic heterocycles. The minimum absolute atomic E-state index is 0.614. The molecule has 0 spiro atoms. The SMILES string of the molecule is Cn1cc(N)c(-c2cnccn2)n1. The van der Waals surface area contributed by atoms with E-state index in [4.69, 9.17) is 5.73 Å². The Kier molecular flexibility index (Phi) is 1.70. The Morgan fingerprint density at radius 2 is 2.23 bits per heavy atom. The Hall–Kier alpha value is -1.91. The minimum atomic E-state index is 0.614. The molecule has 5 heteroatoms. The molecule has 2 heterocycles. The van der Waals surface area contributed by atoms with Crippen LogP contribution in [0, 0.1) is 0 Å². The summed E-state index contributed by atoms with van der Waals surface area (Å²) in [6.45, 7) is 0. The molecule has 0 aliphatic carbocycles. The lowest BCUT2D eigenvalue weighted by molar-refractivity contribution is 0.770. The van der Waals surface area contributed by atoms with Gasteiger partial charge >= 0.3 is 0 Å². The van der Waals surface area contributed by atoms with E-state index in [0.717, 1.165) is 0 Å². The van der Waals surface area contributed by atoms with Gasteiger partial charge in [-0.05, 0) is 0 Å². The second kappa shape index (κ2) is 2.85. The Balaban J connectivity index is 2.53. The molecule has 0 unspecified atom stereocenters. The van der Waals surface area contributed by atoms with Crippen LogP contribution in [0.3, 0.4) is 0 Å². The van der Waals surface area contributed by atoms with E-state index in [1.165, 1.54) is 0 Å². The second-order valence-electron chi connectivity index (χ2n) is 2.70. The molecule has 0 aliphatic heterocycles. The van der Waals surface area contributed by atoms with E-state index < -0.39 is 0 Å². The fraction of sp³-hybridized carbons (Fsp3) is 0.125. The molecule has 0 saturated carbocycles. The monoisotopic (exact) mass is 175 g/mol. The molecule has 5 nitrogen and oxygen atoms in total. The Morgan fingerprint density at radius 3 is 2.77 bits per heavy atom. The summed E-state index contributed by atoms with van der Waals surface area (Å²) in [5, 5.41) is 4.17. The molecule has 0 fully saturated rings. The predicted molar refractivity (Wildman–Crippen MR) is 48.6 cm³/mol. The first-order valence-corrected chi connectivity index (χ1v) is 3.83. The van der Waals surface area contributed by atoms with Gasteiger partial charge in [-0.25, -0.2) is 0 Å². The lowest BCUT2D eigenvalue weighted by atomic mass is 10.3. The van der Waals surface area contributed by atoms with Crippen molar-refractivity contribution in [2.45, 2.75) is 0 Å². The van der Waals surface area contributed by atoms with Crippen LogP contribution in [0.25, 0.3) is 11.4 Å². The number of rotatable bonds is 1. The summed E-state index contributed by atoms with van der Waals surface area (Å²) in [5.74, 6) is 0. The van der Waals surface area contributed by atoms with Crippen molar-refractivity contribution in [1.29, 1.82) is 0 Å². The smallest absolute Gasteiger partial charge is 0.135 e. The van der Waals surface area contributed by atoms with Crippen LogP contribution < -0.4 is 5.73 Å². The second-order valence-corrected chi connectivity index (χ2v) is 2.70. The molecule has 0 atom stereocenters. The standard InChI is InChI=1S/C8H9N5/c1-13-5-6(9)8(12-13)7-4-10-2-3-11-7/h2-5H,9H2,1H3. The highest BCUT2D eigenvalue weighted by Gasteiger charge is 2.07. The molecule has 0 aromatic carbocycles. The minimum Gasteiger partial charge on any atom is -0.396 e. The van der Waals surface area contributed by atoms with Gasteiger partial charge in [-0.15, -0.1) is 0 Å². The van der Waals surface area contributed by atoms with E-state index in [9.17, 15) is 0 Å². The molecule has 0 aliphatic rings. The van der Waals surface area contributed by atoms with Crippen LogP contribution >= 0.6 is 0 Å². The molecular formula is C8H9N5. The van der Waals surface area contributed by atoms with Crippen molar-refractivity contribution in [3.8, 4) is 11.4 Å². The Labute approximate surface area is 75.2 Å². The normalized spacial score (nSPS) is 10.2. The molecule has 2 rings (SSSR count). The maximum absolute atomic E-state index is 5.72. The number of aryl methyl sites for hydroxylation is 1. The van der Waals surface area contributed by atoms with Gasteiger partial charge in [-0.3, -0.25) is 14.6 Å². The van der Waals surface area contributed by atoms with E-state index >= 15 is 0 Å². The van der Waals surface area contributed by atoms with Gasteiger partial charge < -0.3 is 5.73 Å². The quantitative estimate of drug-likeness (QED) is 0.683. The molecule has 0 bridgehead atoms. The molecule has 2 N–H and O–H groups in total. The molecular weight excluding hydrogens is 166 g/mol. The summed E-state index contributed by atoms with van der Waals surface area (Å²) in [4.78, 5) is 8.05.